The number of aromatic nitrogens is 1. The number of anilines is 2. The molecule has 1 aromatic heterocycles. The molecule has 8 nitrogen and oxygen atoms in total. The Labute approximate surface area is 229 Å². The Bertz CT molecular complexity index is 1470. The minimum Gasteiger partial charge on any atom is -0.493 e. The lowest BCUT2D eigenvalue weighted by Gasteiger charge is -2.23. The Morgan fingerprint density at radius 2 is 1.67 bits per heavy atom. The van der Waals surface area contributed by atoms with E-state index in [-0.39, 0.29) is 6.03 Å². The van der Waals surface area contributed by atoms with Crippen LogP contribution >= 0.6 is 0 Å². The summed E-state index contributed by atoms with van der Waals surface area (Å²) in [5.74, 6) is 2.55. The number of hydrogen-bond acceptors (Lipinski definition) is 6. The van der Waals surface area contributed by atoms with Gasteiger partial charge < -0.3 is 29.7 Å². The van der Waals surface area contributed by atoms with Crippen LogP contribution in [-0.2, 0) is 0 Å². The van der Waals surface area contributed by atoms with Crippen LogP contribution in [0.1, 0.15) is 23.6 Å². The lowest BCUT2D eigenvalue weighted by Crippen LogP contribution is -2.37. The van der Waals surface area contributed by atoms with Gasteiger partial charge in [-0.15, -0.1) is 0 Å². The van der Waals surface area contributed by atoms with Crippen molar-refractivity contribution in [3.05, 3.63) is 77.5 Å². The zero-order valence-electron chi connectivity index (χ0n) is 23.4. The maximum Gasteiger partial charge on any atom is 0.319 e. The Morgan fingerprint density at radius 1 is 0.897 bits per heavy atom. The van der Waals surface area contributed by atoms with Crippen molar-refractivity contribution in [3.63, 3.8) is 0 Å². The number of likely N-dealkylation sites (N-methyl/N-ethyl adjacent to an activating group) is 1. The van der Waals surface area contributed by atoms with Crippen molar-refractivity contribution in [2.24, 2.45) is 0 Å². The molecular weight excluding hydrogens is 492 g/mol. The smallest absolute Gasteiger partial charge is 0.319 e. The predicted molar refractivity (Wildman–Crippen MR) is 157 cm³/mol. The molecule has 1 heterocycles. The van der Waals surface area contributed by atoms with Crippen molar-refractivity contribution in [2.45, 2.75) is 27.7 Å². The van der Waals surface area contributed by atoms with E-state index in [0.29, 0.717) is 36.1 Å². The first-order chi connectivity index (χ1) is 18.8. The minimum atomic E-state index is -0.243. The average molecular weight is 529 g/mol. The number of amides is 2. The van der Waals surface area contributed by atoms with E-state index in [1.54, 1.807) is 20.4 Å². The molecule has 39 heavy (non-hydrogen) atoms. The topological polar surface area (TPSA) is 85.0 Å². The second kappa shape index (κ2) is 12.4. The summed E-state index contributed by atoms with van der Waals surface area (Å²) < 4.78 is 17.2. The van der Waals surface area contributed by atoms with Gasteiger partial charge in [0.15, 0.2) is 11.5 Å². The van der Waals surface area contributed by atoms with Crippen LogP contribution in [0, 0.1) is 20.8 Å². The van der Waals surface area contributed by atoms with Crippen LogP contribution in [0.25, 0.3) is 10.9 Å². The fourth-order valence-corrected chi connectivity index (χ4v) is 4.46. The second-order valence-corrected chi connectivity index (χ2v) is 9.30. The molecule has 0 saturated heterocycles. The van der Waals surface area contributed by atoms with Gasteiger partial charge in [-0.2, -0.15) is 0 Å². The first-order valence-corrected chi connectivity index (χ1v) is 13.0. The van der Waals surface area contributed by atoms with Gasteiger partial charge in [-0.05, 0) is 80.8 Å². The normalized spacial score (nSPS) is 10.7. The summed E-state index contributed by atoms with van der Waals surface area (Å²) in [5.41, 5.74) is 5.69. The van der Waals surface area contributed by atoms with Crippen LogP contribution in [0.2, 0.25) is 0 Å². The summed E-state index contributed by atoms with van der Waals surface area (Å²) in [6.45, 7) is 10.2. The number of nitrogens with zero attached hydrogens (tertiary/aromatic N) is 2. The maximum atomic E-state index is 12.7. The molecule has 0 radical (unpaired) electrons. The highest BCUT2D eigenvalue weighted by molar-refractivity contribution is 5.91. The fraction of sp³-hybridized carbons (Fsp3) is 0.290. The Morgan fingerprint density at radius 3 is 2.38 bits per heavy atom. The number of ether oxygens (including phenoxy) is 3. The van der Waals surface area contributed by atoms with Crippen LogP contribution in [-0.4, -0.2) is 44.9 Å². The van der Waals surface area contributed by atoms with Crippen molar-refractivity contribution in [1.29, 1.82) is 0 Å². The molecule has 0 bridgehead atoms. The molecule has 2 N–H and O–H groups in total. The summed E-state index contributed by atoms with van der Waals surface area (Å²) in [4.78, 5) is 19.4. The van der Waals surface area contributed by atoms with Crippen molar-refractivity contribution in [3.8, 4) is 23.0 Å². The number of methoxy groups -OCH3 is 2. The van der Waals surface area contributed by atoms with Crippen molar-refractivity contribution >= 4 is 28.3 Å². The number of urea groups is 1. The van der Waals surface area contributed by atoms with Gasteiger partial charge >= 0.3 is 6.03 Å². The van der Waals surface area contributed by atoms with E-state index in [2.05, 4.69) is 58.6 Å². The third-order valence-corrected chi connectivity index (χ3v) is 6.83. The van der Waals surface area contributed by atoms with Gasteiger partial charge in [0.25, 0.3) is 0 Å². The zero-order chi connectivity index (χ0) is 27.9. The van der Waals surface area contributed by atoms with Crippen LogP contribution < -0.4 is 29.7 Å². The van der Waals surface area contributed by atoms with Crippen molar-refractivity contribution in [1.82, 2.24) is 10.3 Å². The lowest BCUT2D eigenvalue weighted by atomic mass is 10.1. The average Bonchev–Trinajstić information content (AvgIpc) is 2.94. The SMILES string of the molecule is CCN(CCNC(=O)Nc1ccc(Oc2ccnc3cc(OC)c(OC)cc23)c(C)c1C)c1cccc(C)c1. The fourth-order valence-electron chi connectivity index (χ4n) is 4.46. The molecule has 0 atom stereocenters. The molecule has 0 aliphatic carbocycles. The monoisotopic (exact) mass is 528 g/mol. The van der Waals surface area contributed by atoms with E-state index < -0.39 is 0 Å². The van der Waals surface area contributed by atoms with E-state index in [1.807, 2.05) is 44.2 Å². The van der Waals surface area contributed by atoms with E-state index in [1.165, 1.54) is 5.56 Å². The molecule has 8 heteroatoms. The molecule has 2 amide bonds. The largest absolute Gasteiger partial charge is 0.493 e. The van der Waals surface area contributed by atoms with E-state index in [9.17, 15) is 4.79 Å². The zero-order valence-corrected chi connectivity index (χ0v) is 23.4. The number of pyridine rings is 1. The van der Waals surface area contributed by atoms with Gasteiger partial charge in [-0.1, -0.05) is 12.1 Å². The number of aryl methyl sites for hydroxylation is 1. The van der Waals surface area contributed by atoms with Gasteiger partial charge in [-0.3, -0.25) is 4.98 Å². The Balaban J connectivity index is 1.43. The van der Waals surface area contributed by atoms with Gasteiger partial charge in [0.2, 0.25) is 0 Å². The number of hydrogen-bond donors (Lipinski definition) is 2. The van der Waals surface area contributed by atoms with E-state index in [0.717, 1.165) is 39.9 Å². The Hall–Kier alpha value is -4.46. The Kier molecular flexibility index (Phi) is 8.76. The molecule has 0 aliphatic rings. The highest BCUT2D eigenvalue weighted by Crippen LogP contribution is 2.38. The summed E-state index contributed by atoms with van der Waals surface area (Å²) in [6.07, 6.45) is 1.70. The third kappa shape index (κ3) is 6.34. The lowest BCUT2D eigenvalue weighted by molar-refractivity contribution is 0.252. The minimum absolute atomic E-state index is 0.243. The number of rotatable bonds is 10. The third-order valence-electron chi connectivity index (χ3n) is 6.83. The van der Waals surface area contributed by atoms with Gasteiger partial charge in [0, 0.05) is 48.7 Å². The summed E-state index contributed by atoms with van der Waals surface area (Å²) in [7, 11) is 3.19. The molecule has 204 valence electrons. The van der Waals surface area contributed by atoms with E-state index >= 15 is 0 Å². The second-order valence-electron chi connectivity index (χ2n) is 9.30. The maximum absolute atomic E-state index is 12.7. The predicted octanol–water partition coefficient (Wildman–Crippen LogP) is 6.62. The molecule has 3 aromatic carbocycles. The van der Waals surface area contributed by atoms with Crippen LogP contribution in [0.5, 0.6) is 23.0 Å². The molecule has 0 saturated carbocycles. The molecule has 4 rings (SSSR count). The molecule has 4 aromatic rings. The summed E-state index contributed by atoms with van der Waals surface area (Å²) in [6, 6.07) is 17.4. The molecule has 0 aliphatic heterocycles. The molecule has 0 unspecified atom stereocenters. The van der Waals surface area contributed by atoms with Gasteiger partial charge in [0.05, 0.1) is 19.7 Å². The van der Waals surface area contributed by atoms with Crippen LogP contribution in [0.3, 0.4) is 0 Å². The number of fused-ring (bicyclic) bond motifs is 1. The van der Waals surface area contributed by atoms with Crippen molar-refractivity contribution in [2.75, 3.05) is 44.1 Å². The number of benzene rings is 3. The highest BCUT2D eigenvalue weighted by atomic mass is 16.5. The van der Waals surface area contributed by atoms with Gasteiger partial charge in [0.1, 0.15) is 11.5 Å². The van der Waals surface area contributed by atoms with Crippen LogP contribution in [0.4, 0.5) is 16.2 Å². The summed E-state index contributed by atoms with van der Waals surface area (Å²) >= 11 is 0. The van der Waals surface area contributed by atoms with E-state index in [4.69, 9.17) is 14.2 Å². The molecule has 0 spiro atoms. The quantitative estimate of drug-likeness (QED) is 0.241. The van der Waals surface area contributed by atoms with Crippen LogP contribution in [0.15, 0.2) is 60.8 Å². The standard InChI is InChI=1S/C31H36N4O4/c1-7-35(23-10-8-9-20(2)17-23)16-15-33-31(36)34-25-11-12-27(22(4)21(25)3)39-28-13-14-32-26-19-30(38-6)29(37-5)18-24(26)28/h8-14,17-19H,7,15-16H2,1-6H3,(H2,33,34,36). The number of carbonyl (C=O) groups is 1. The highest BCUT2D eigenvalue weighted by Gasteiger charge is 2.15. The van der Waals surface area contributed by atoms with Gasteiger partial charge in [-0.25, -0.2) is 4.79 Å². The number of carbonyl (C=O) groups excluding carboxylic acids is 1. The van der Waals surface area contributed by atoms with Crippen molar-refractivity contribution < 1.29 is 19.0 Å². The first kappa shape index (κ1) is 27.6. The molecule has 0 fully saturated rings. The summed E-state index contributed by atoms with van der Waals surface area (Å²) in [5, 5.41) is 6.75. The number of nitrogens with one attached hydrogen (secondary N) is 2. The first-order valence-electron chi connectivity index (χ1n) is 13.0. The molecular formula is C31H36N4O4.